The van der Waals surface area contributed by atoms with Gasteiger partial charge in [-0.05, 0) is 31.9 Å². The summed E-state index contributed by atoms with van der Waals surface area (Å²) in [6, 6.07) is 3.94. The Morgan fingerprint density at radius 3 is 2.40 bits per heavy atom. The Labute approximate surface area is 120 Å². The number of benzene rings is 1. The molecule has 0 fully saturated rings. The van der Waals surface area contributed by atoms with Gasteiger partial charge in [0.1, 0.15) is 0 Å². The van der Waals surface area contributed by atoms with Crippen LogP contribution in [0.3, 0.4) is 0 Å². The lowest BCUT2D eigenvalue weighted by molar-refractivity contribution is -0.115. The highest BCUT2D eigenvalue weighted by atomic mass is 16.5. The van der Waals surface area contributed by atoms with Gasteiger partial charge in [-0.25, -0.2) is 0 Å². The van der Waals surface area contributed by atoms with Gasteiger partial charge in [0, 0.05) is 17.8 Å². The zero-order chi connectivity index (χ0) is 15.1. The van der Waals surface area contributed by atoms with Gasteiger partial charge in [0.15, 0.2) is 11.5 Å². The van der Waals surface area contributed by atoms with E-state index in [2.05, 4.69) is 24.5 Å². The lowest BCUT2D eigenvalue weighted by Crippen LogP contribution is -2.34. The van der Waals surface area contributed by atoms with Gasteiger partial charge in [0.05, 0.1) is 20.8 Å². The minimum absolute atomic E-state index is 0.0689. The molecule has 0 saturated carbocycles. The van der Waals surface area contributed by atoms with E-state index >= 15 is 0 Å². The van der Waals surface area contributed by atoms with Gasteiger partial charge in [0.25, 0.3) is 0 Å². The quantitative estimate of drug-likeness (QED) is 0.805. The number of hydrogen-bond donors (Lipinski definition) is 2. The second-order valence-corrected chi connectivity index (χ2v) is 4.76. The molecule has 0 saturated heterocycles. The van der Waals surface area contributed by atoms with Gasteiger partial charge in [-0.15, -0.1) is 0 Å². The lowest BCUT2D eigenvalue weighted by atomic mass is 10.1. The zero-order valence-electron chi connectivity index (χ0n) is 12.9. The Morgan fingerprint density at radius 1 is 1.25 bits per heavy atom. The van der Waals surface area contributed by atoms with Crippen LogP contribution >= 0.6 is 0 Å². The predicted octanol–water partition coefficient (Wildman–Crippen LogP) is 2.34. The van der Waals surface area contributed by atoms with Crippen LogP contribution in [0.2, 0.25) is 0 Å². The van der Waals surface area contributed by atoms with Crippen LogP contribution in [0.15, 0.2) is 12.1 Å². The predicted molar refractivity (Wildman–Crippen MR) is 80.7 cm³/mol. The molecule has 1 atom stereocenters. The van der Waals surface area contributed by atoms with Crippen molar-refractivity contribution < 1.29 is 14.3 Å². The molecule has 0 aromatic heterocycles. The molecule has 0 radical (unpaired) electrons. The summed E-state index contributed by atoms with van der Waals surface area (Å²) < 4.78 is 10.5. The van der Waals surface area contributed by atoms with Crippen molar-refractivity contribution in [1.29, 1.82) is 0 Å². The fourth-order valence-corrected chi connectivity index (χ4v) is 1.72. The molecule has 0 spiro atoms. The van der Waals surface area contributed by atoms with Crippen LogP contribution in [-0.2, 0) is 4.79 Å². The first-order chi connectivity index (χ1) is 9.51. The molecule has 5 heteroatoms. The average Bonchev–Trinajstić information content (AvgIpc) is 2.46. The average molecular weight is 280 g/mol. The number of carbonyl (C=O) groups excluding carboxylic acids is 1. The van der Waals surface area contributed by atoms with E-state index in [9.17, 15) is 4.79 Å². The molecular weight excluding hydrogens is 256 g/mol. The number of amides is 1. The molecule has 20 heavy (non-hydrogen) atoms. The van der Waals surface area contributed by atoms with Crippen LogP contribution in [-0.4, -0.2) is 32.7 Å². The Balaban J connectivity index is 2.74. The Kier molecular flexibility index (Phi) is 6.31. The normalized spacial score (nSPS) is 11.8. The van der Waals surface area contributed by atoms with Crippen molar-refractivity contribution in [3.05, 3.63) is 17.7 Å². The molecule has 1 unspecified atom stereocenters. The number of methoxy groups -OCH3 is 2. The number of rotatable bonds is 7. The zero-order valence-corrected chi connectivity index (χ0v) is 12.9. The van der Waals surface area contributed by atoms with Crippen molar-refractivity contribution in [2.75, 3.05) is 26.1 Å². The van der Waals surface area contributed by atoms with Crippen molar-refractivity contribution in [1.82, 2.24) is 5.32 Å². The van der Waals surface area contributed by atoms with Crippen LogP contribution in [0.1, 0.15) is 25.8 Å². The third kappa shape index (κ3) is 4.42. The third-order valence-electron chi connectivity index (χ3n) is 3.23. The molecule has 0 heterocycles. The van der Waals surface area contributed by atoms with Gasteiger partial charge in [-0.2, -0.15) is 0 Å². The third-order valence-corrected chi connectivity index (χ3v) is 3.23. The Morgan fingerprint density at radius 2 is 1.85 bits per heavy atom. The highest BCUT2D eigenvalue weighted by molar-refractivity contribution is 5.93. The standard InChI is InChI=1S/C15H24N2O3/c1-6-11(3)16-9-15(18)17-12-8-14(20-5)13(19-4)7-10(12)2/h7-8,11,16H,6,9H2,1-5H3,(H,17,18). The van der Waals surface area contributed by atoms with E-state index in [1.54, 1.807) is 20.3 Å². The maximum atomic E-state index is 11.9. The Hall–Kier alpha value is -1.75. The summed E-state index contributed by atoms with van der Waals surface area (Å²) in [7, 11) is 3.16. The minimum atomic E-state index is -0.0689. The van der Waals surface area contributed by atoms with Crippen molar-refractivity contribution in [2.45, 2.75) is 33.2 Å². The van der Waals surface area contributed by atoms with E-state index in [0.717, 1.165) is 17.7 Å². The number of anilines is 1. The molecule has 0 aliphatic carbocycles. The molecule has 1 aromatic carbocycles. The fourth-order valence-electron chi connectivity index (χ4n) is 1.72. The highest BCUT2D eigenvalue weighted by Gasteiger charge is 2.11. The van der Waals surface area contributed by atoms with E-state index in [-0.39, 0.29) is 5.91 Å². The minimum Gasteiger partial charge on any atom is -0.493 e. The summed E-state index contributed by atoms with van der Waals surface area (Å²) in [4.78, 5) is 11.9. The Bertz CT molecular complexity index is 461. The van der Waals surface area contributed by atoms with Crippen LogP contribution in [0.25, 0.3) is 0 Å². The SMILES string of the molecule is CCC(C)NCC(=O)Nc1cc(OC)c(OC)cc1C. The molecular formula is C15H24N2O3. The van der Waals surface area contributed by atoms with Crippen molar-refractivity contribution in [3.63, 3.8) is 0 Å². The molecule has 112 valence electrons. The van der Waals surface area contributed by atoms with Gasteiger partial charge >= 0.3 is 0 Å². The van der Waals surface area contributed by atoms with Gasteiger partial charge < -0.3 is 20.1 Å². The lowest BCUT2D eigenvalue weighted by Gasteiger charge is -2.15. The molecule has 0 bridgehead atoms. The summed E-state index contributed by atoms with van der Waals surface area (Å²) in [6.45, 7) is 6.34. The summed E-state index contributed by atoms with van der Waals surface area (Å²) in [5, 5.41) is 6.03. The summed E-state index contributed by atoms with van der Waals surface area (Å²) in [5.74, 6) is 1.18. The maximum Gasteiger partial charge on any atom is 0.238 e. The van der Waals surface area contributed by atoms with E-state index in [0.29, 0.717) is 24.1 Å². The number of carbonyl (C=O) groups is 1. The van der Waals surface area contributed by atoms with Gasteiger partial charge in [-0.1, -0.05) is 6.92 Å². The molecule has 1 rings (SSSR count). The molecule has 5 nitrogen and oxygen atoms in total. The number of ether oxygens (including phenoxy) is 2. The number of hydrogen-bond acceptors (Lipinski definition) is 4. The smallest absolute Gasteiger partial charge is 0.238 e. The van der Waals surface area contributed by atoms with E-state index < -0.39 is 0 Å². The summed E-state index contributed by atoms with van der Waals surface area (Å²) in [6.07, 6.45) is 0.989. The highest BCUT2D eigenvalue weighted by Crippen LogP contribution is 2.32. The topological polar surface area (TPSA) is 59.6 Å². The molecule has 0 aliphatic heterocycles. The monoisotopic (exact) mass is 280 g/mol. The first-order valence-electron chi connectivity index (χ1n) is 6.77. The molecule has 1 amide bonds. The molecule has 0 aliphatic rings. The van der Waals surface area contributed by atoms with Crippen LogP contribution in [0, 0.1) is 6.92 Å². The molecule has 1 aromatic rings. The second kappa shape index (κ2) is 7.75. The van der Waals surface area contributed by atoms with Crippen molar-refractivity contribution in [3.8, 4) is 11.5 Å². The second-order valence-electron chi connectivity index (χ2n) is 4.76. The van der Waals surface area contributed by atoms with Gasteiger partial charge in [0.2, 0.25) is 5.91 Å². The van der Waals surface area contributed by atoms with Crippen LogP contribution in [0.4, 0.5) is 5.69 Å². The number of aryl methyl sites for hydroxylation is 1. The van der Waals surface area contributed by atoms with E-state index in [1.165, 1.54) is 0 Å². The summed E-state index contributed by atoms with van der Waals surface area (Å²) in [5.41, 5.74) is 1.66. The van der Waals surface area contributed by atoms with Gasteiger partial charge in [-0.3, -0.25) is 4.79 Å². The molecule has 2 N–H and O–H groups in total. The van der Waals surface area contributed by atoms with Crippen LogP contribution in [0.5, 0.6) is 11.5 Å². The fraction of sp³-hybridized carbons (Fsp3) is 0.533. The first kappa shape index (κ1) is 16.3. The van der Waals surface area contributed by atoms with Crippen molar-refractivity contribution in [2.24, 2.45) is 0 Å². The van der Waals surface area contributed by atoms with Crippen molar-refractivity contribution >= 4 is 11.6 Å². The largest absolute Gasteiger partial charge is 0.493 e. The summed E-state index contributed by atoms with van der Waals surface area (Å²) >= 11 is 0. The van der Waals surface area contributed by atoms with Crippen LogP contribution < -0.4 is 20.1 Å². The van der Waals surface area contributed by atoms with E-state index in [1.807, 2.05) is 13.0 Å². The first-order valence-corrected chi connectivity index (χ1v) is 6.77. The number of nitrogens with one attached hydrogen (secondary N) is 2. The maximum absolute atomic E-state index is 11.9. The van der Waals surface area contributed by atoms with E-state index in [4.69, 9.17) is 9.47 Å².